The lowest BCUT2D eigenvalue weighted by molar-refractivity contribution is 0.270. The molecule has 1 N–H and O–H groups in total. The predicted molar refractivity (Wildman–Crippen MR) is 79.3 cm³/mol. The van der Waals surface area contributed by atoms with E-state index in [1.165, 1.54) is 5.56 Å². The molecule has 0 aliphatic carbocycles. The highest BCUT2D eigenvalue weighted by atomic mass is 79.9. The average Bonchev–Trinajstić information content (AvgIpc) is 2.89. The van der Waals surface area contributed by atoms with Gasteiger partial charge in [0.05, 0.1) is 6.26 Å². The van der Waals surface area contributed by atoms with Crippen molar-refractivity contribution in [1.29, 1.82) is 0 Å². The van der Waals surface area contributed by atoms with Gasteiger partial charge in [-0.25, -0.2) is 0 Å². The Labute approximate surface area is 122 Å². The van der Waals surface area contributed by atoms with Crippen LogP contribution in [-0.2, 0) is 6.61 Å². The third kappa shape index (κ3) is 3.85. The summed E-state index contributed by atoms with van der Waals surface area (Å²) in [6, 6.07) is 10.1. The molecule has 1 aromatic heterocycles. The lowest BCUT2D eigenvalue weighted by Crippen LogP contribution is -2.18. The molecule has 2 aromatic rings. The molecule has 2 rings (SSSR count). The molecule has 0 amide bonds. The average molecular weight is 324 g/mol. The molecule has 0 saturated heterocycles. The lowest BCUT2D eigenvalue weighted by atomic mass is 10.1. The molecule has 0 aliphatic rings. The fraction of sp³-hybridized carbons (Fsp3) is 0.333. The van der Waals surface area contributed by atoms with Crippen LogP contribution in [0.4, 0.5) is 0 Å². The molecule has 0 fully saturated rings. The molecular weight excluding hydrogens is 306 g/mol. The van der Waals surface area contributed by atoms with E-state index < -0.39 is 0 Å². The SMILES string of the molecule is CCNC(C)c1ccc(OCc2ccco2)cc1Br. The second-order valence-electron chi connectivity index (χ2n) is 4.33. The molecule has 102 valence electrons. The Balaban J connectivity index is 2.02. The Kier molecular flexibility index (Phi) is 5.05. The van der Waals surface area contributed by atoms with Crippen molar-refractivity contribution in [3.05, 3.63) is 52.4 Å². The Morgan fingerprint density at radius 2 is 2.21 bits per heavy atom. The minimum Gasteiger partial charge on any atom is -0.486 e. The zero-order valence-corrected chi connectivity index (χ0v) is 12.7. The number of furan rings is 1. The predicted octanol–water partition coefficient (Wildman–Crippen LogP) is 4.29. The summed E-state index contributed by atoms with van der Waals surface area (Å²) in [5.74, 6) is 1.65. The van der Waals surface area contributed by atoms with Gasteiger partial charge in [-0.15, -0.1) is 0 Å². The topological polar surface area (TPSA) is 34.4 Å². The van der Waals surface area contributed by atoms with Crippen molar-refractivity contribution in [2.24, 2.45) is 0 Å². The highest BCUT2D eigenvalue weighted by Crippen LogP contribution is 2.28. The van der Waals surface area contributed by atoms with E-state index in [0.717, 1.165) is 22.5 Å². The van der Waals surface area contributed by atoms with E-state index in [2.05, 4.69) is 41.2 Å². The molecule has 0 bridgehead atoms. The Bertz CT molecular complexity index is 511. The summed E-state index contributed by atoms with van der Waals surface area (Å²) in [7, 11) is 0. The molecule has 0 spiro atoms. The molecule has 1 unspecified atom stereocenters. The summed E-state index contributed by atoms with van der Waals surface area (Å²) in [5, 5.41) is 3.39. The van der Waals surface area contributed by atoms with Gasteiger partial charge in [0, 0.05) is 10.5 Å². The normalized spacial score (nSPS) is 12.4. The van der Waals surface area contributed by atoms with Crippen molar-refractivity contribution in [2.45, 2.75) is 26.5 Å². The van der Waals surface area contributed by atoms with Crippen LogP contribution in [-0.4, -0.2) is 6.54 Å². The van der Waals surface area contributed by atoms with Crippen molar-refractivity contribution in [2.75, 3.05) is 6.54 Å². The molecule has 4 heteroatoms. The van der Waals surface area contributed by atoms with Crippen LogP contribution in [0.2, 0.25) is 0 Å². The van der Waals surface area contributed by atoms with Gasteiger partial charge < -0.3 is 14.5 Å². The minimum atomic E-state index is 0.318. The van der Waals surface area contributed by atoms with E-state index >= 15 is 0 Å². The standard InChI is InChI=1S/C15H18BrNO2/c1-3-17-11(2)14-7-6-12(9-15(14)16)19-10-13-5-4-8-18-13/h4-9,11,17H,3,10H2,1-2H3. The first-order valence-corrected chi connectivity index (χ1v) is 7.18. The smallest absolute Gasteiger partial charge is 0.146 e. The van der Waals surface area contributed by atoms with E-state index in [4.69, 9.17) is 9.15 Å². The van der Waals surface area contributed by atoms with Gasteiger partial charge in [-0.2, -0.15) is 0 Å². The summed E-state index contributed by atoms with van der Waals surface area (Å²) in [4.78, 5) is 0. The second-order valence-corrected chi connectivity index (χ2v) is 5.19. The van der Waals surface area contributed by atoms with Gasteiger partial charge in [-0.1, -0.05) is 28.9 Å². The van der Waals surface area contributed by atoms with Gasteiger partial charge >= 0.3 is 0 Å². The van der Waals surface area contributed by atoms with Gasteiger partial charge in [0.1, 0.15) is 18.1 Å². The molecule has 19 heavy (non-hydrogen) atoms. The van der Waals surface area contributed by atoms with Crippen LogP contribution in [0.25, 0.3) is 0 Å². The van der Waals surface area contributed by atoms with Crippen LogP contribution in [0, 0.1) is 0 Å². The number of rotatable bonds is 6. The molecule has 0 radical (unpaired) electrons. The van der Waals surface area contributed by atoms with Crippen molar-refractivity contribution < 1.29 is 9.15 Å². The molecule has 3 nitrogen and oxygen atoms in total. The Hall–Kier alpha value is -1.26. The number of benzene rings is 1. The number of nitrogens with one attached hydrogen (secondary N) is 1. The van der Waals surface area contributed by atoms with Crippen molar-refractivity contribution in [3.8, 4) is 5.75 Å². The third-order valence-electron chi connectivity index (χ3n) is 2.91. The van der Waals surface area contributed by atoms with Crippen LogP contribution in [0.5, 0.6) is 5.75 Å². The maximum atomic E-state index is 5.68. The van der Waals surface area contributed by atoms with E-state index in [-0.39, 0.29) is 0 Å². The van der Waals surface area contributed by atoms with Crippen LogP contribution in [0.15, 0.2) is 45.5 Å². The number of ether oxygens (including phenoxy) is 1. The zero-order chi connectivity index (χ0) is 13.7. The summed E-state index contributed by atoms with van der Waals surface area (Å²) in [5.41, 5.74) is 1.23. The second kappa shape index (κ2) is 6.78. The van der Waals surface area contributed by atoms with Crippen LogP contribution in [0.3, 0.4) is 0 Å². The summed E-state index contributed by atoms with van der Waals surface area (Å²) in [6.45, 7) is 5.64. The molecule has 1 aromatic carbocycles. The van der Waals surface area contributed by atoms with Crippen molar-refractivity contribution in [1.82, 2.24) is 5.32 Å². The third-order valence-corrected chi connectivity index (χ3v) is 3.60. The Morgan fingerprint density at radius 3 is 2.84 bits per heavy atom. The fourth-order valence-corrected chi connectivity index (χ4v) is 2.62. The van der Waals surface area contributed by atoms with Gasteiger partial charge in [-0.3, -0.25) is 0 Å². The monoisotopic (exact) mass is 323 g/mol. The van der Waals surface area contributed by atoms with E-state index in [0.29, 0.717) is 12.6 Å². The van der Waals surface area contributed by atoms with Gasteiger partial charge in [0.15, 0.2) is 0 Å². The van der Waals surface area contributed by atoms with Crippen molar-refractivity contribution >= 4 is 15.9 Å². The van der Waals surface area contributed by atoms with E-state index in [9.17, 15) is 0 Å². The number of hydrogen-bond acceptors (Lipinski definition) is 3. The molecular formula is C15H18BrNO2. The van der Waals surface area contributed by atoms with E-state index in [1.54, 1.807) is 6.26 Å². The maximum absolute atomic E-state index is 5.68. The number of halogens is 1. The first-order valence-electron chi connectivity index (χ1n) is 6.38. The van der Waals surface area contributed by atoms with E-state index in [1.807, 2.05) is 24.3 Å². The summed E-state index contributed by atoms with van der Waals surface area (Å²) < 4.78 is 12.0. The first-order chi connectivity index (χ1) is 9.20. The molecule has 1 atom stereocenters. The van der Waals surface area contributed by atoms with Crippen LogP contribution >= 0.6 is 15.9 Å². The fourth-order valence-electron chi connectivity index (χ4n) is 1.91. The molecule has 0 saturated carbocycles. The first kappa shape index (κ1) is 14.2. The number of hydrogen-bond donors (Lipinski definition) is 1. The van der Waals surface area contributed by atoms with Gasteiger partial charge in [-0.05, 0) is 43.3 Å². The quantitative estimate of drug-likeness (QED) is 0.861. The highest BCUT2D eigenvalue weighted by molar-refractivity contribution is 9.10. The molecule has 0 aliphatic heterocycles. The van der Waals surface area contributed by atoms with Crippen LogP contribution < -0.4 is 10.1 Å². The zero-order valence-electron chi connectivity index (χ0n) is 11.2. The van der Waals surface area contributed by atoms with Gasteiger partial charge in [0.2, 0.25) is 0 Å². The molecule has 1 heterocycles. The Morgan fingerprint density at radius 1 is 1.37 bits per heavy atom. The summed E-state index contributed by atoms with van der Waals surface area (Å²) >= 11 is 3.59. The maximum Gasteiger partial charge on any atom is 0.146 e. The van der Waals surface area contributed by atoms with Gasteiger partial charge in [0.25, 0.3) is 0 Å². The minimum absolute atomic E-state index is 0.318. The highest BCUT2D eigenvalue weighted by Gasteiger charge is 2.09. The van der Waals surface area contributed by atoms with Crippen LogP contribution in [0.1, 0.15) is 31.2 Å². The largest absolute Gasteiger partial charge is 0.486 e. The summed E-state index contributed by atoms with van der Waals surface area (Å²) in [6.07, 6.45) is 1.65. The lowest BCUT2D eigenvalue weighted by Gasteiger charge is -2.15. The van der Waals surface area contributed by atoms with Crippen molar-refractivity contribution in [3.63, 3.8) is 0 Å².